The van der Waals surface area contributed by atoms with E-state index in [0.29, 0.717) is 37.3 Å². The lowest BCUT2D eigenvalue weighted by atomic mass is 10.2. The third kappa shape index (κ3) is 4.85. The van der Waals surface area contributed by atoms with Crippen molar-refractivity contribution in [2.45, 2.75) is 31.2 Å². The molecule has 1 N–H and O–H groups in total. The number of carbonyl (C=O) groups is 2. The van der Waals surface area contributed by atoms with Gasteiger partial charge in [0.15, 0.2) is 0 Å². The monoisotopic (exact) mass is 430 g/mol. The Morgan fingerprint density at radius 2 is 1.83 bits per heavy atom. The first kappa shape index (κ1) is 21.9. The number of aromatic nitrogens is 1. The van der Waals surface area contributed by atoms with Crippen LogP contribution in [0.5, 0.6) is 0 Å². The molecule has 3 rings (SSSR count). The highest BCUT2D eigenvalue weighted by Crippen LogP contribution is 2.17. The van der Waals surface area contributed by atoms with E-state index in [-0.39, 0.29) is 29.3 Å². The lowest BCUT2D eigenvalue weighted by Gasteiger charge is -2.19. The summed E-state index contributed by atoms with van der Waals surface area (Å²) in [5.74, 6) is -0.340. The van der Waals surface area contributed by atoms with Gasteiger partial charge < -0.3 is 9.80 Å². The Balaban J connectivity index is 1.64. The van der Waals surface area contributed by atoms with E-state index in [9.17, 15) is 18.0 Å². The van der Waals surface area contributed by atoms with Crippen LogP contribution in [0.2, 0.25) is 0 Å². The van der Waals surface area contributed by atoms with Gasteiger partial charge in [0.2, 0.25) is 10.0 Å². The van der Waals surface area contributed by atoms with Crippen molar-refractivity contribution >= 4 is 21.8 Å². The van der Waals surface area contributed by atoms with E-state index in [1.165, 1.54) is 24.3 Å². The highest BCUT2D eigenvalue weighted by Gasteiger charge is 2.30. The third-order valence-electron chi connectivity index (χ3n) is 5.14. The maximum absolute atomic E-state index is 12.7. The summed E-state index contributed by atoms with van der Waals surface area (Å²) >= 11 is 0. The predicted octanol–water partition coefficient (Wildman–Crippen LogP) is 1.76. The van der Waals surface area contributed by atoms with E-state index in [4.69, 9.17) is 0 Å². The second kappa shape index (κ2) is 9.36. The van der Waals surface area contributed by atoms with Crippen LogP contribution in [0.3, 0.4) is 0 Å². The Morgan fingerprint density at radius 1 is 1.13 bits per heavy atom. The van der Waals surface area contributed by atoms with Crippen molar-refractivity contribution in [1.82, 2.24) is 19.5 Å². The number of hydrogen-bond acceptors (Lipinski definition) is 5. The molecule has 0 bridgehead atoms. The highest BCUT2D eigenvalue weighted by molar-refractivity contribution is 7.89. The maximum Gasteiger partial charge on any atom is 0.272 e. The minimum Gasteiger partial charge on any atom is -0.339 e. The number of benzene rings is 1. The van der Waals surface area contributed by atoms with Gasteiger partial charge in [0, 0.05) is 44.0 Å². The van der Waals surface area contributed by atoms with E-state index in [1.54, 1.807) is 34.2 Å². The number of sulfonamides is 1. The van der Waals surface area contributed by atoms with E-state index in [2.05, 4.69) is 9.71 Å². The fourth-order valence-electron chi connectivity index (χ4n) is 3.45. The Morgan fingerprint density at radius 3 is 2.43 bits per heavy atom. The van der Waals surface area contributed by atoms with E-state index < -0.39 is 10.0 Å². The van der Waals surface area contributed by atoms with Crippen LogP contribution in [0.25, 0.3) is 0 Å². The molecule has 160 valence electrons. The molecule has 1 aliphatic heterocycles. The van der Waals surface area contributed by atoms with Crippen LogP contribution in [-0.4, -0.2) is 67.2 Å². The number of hydrogen-bond donors (Lipinski definition) is 1. The summed E-state index contributed by atoms with van der Waals surface area (Å²) in [6.45, 7) is 5.72. The minimum atomic E-state index is -3.76. The van der Waals surface area contributed by atoms with Crippen LogP contribution in [0.4, 0.5) is 0 Å². The molecule has 1 atom stereocenters. The molecular weight excluding hydrogens is 404 g/mol. The lowest BCUT2D eigenvalue weighted by Crippen LogP contribution is -2.38. The molecule has 30 heavy (non-hydrogen) atoms. The molecule has 1 saturated heterocycles. The minimum absolute atomic E-state index is 0.0908. The molecule has 0 radical (unpaired) electrons. The number of pyridine rings is 1. The van der Waals surface area contributed by atoms with Gasteiger partial charge in [-0.3, -0.25) is 14.6 Å². The zero-order valence-corrected chi connectivity index (χ0v) is 17.9. The summed E-state index contributed by atoms with van der Waals surface area (Å²) in [7, 11) is -3.76. The van der Waals surface area contributed by atoms with Crippen LogP contribution in [-0.2, 0) is 10.0 Å². The van der Waals surface area contributed by atoms with Gasteiger partial charge >= 0.3 is 0 Å². The Kier molecular flexibility index (Phi) is 6.84. The van der Waals surface area contributed by atoms with Crippen LogP contribution in [0.1, 0.15) is 41.1 Å². The number of amides is 2. The summed E-state index contributed by atoms with van der Waals surface area (Å²) in [6, 6.07) is 10.7. The first-order valence-electron chi connectivity index (χ1n) is 9.97. The summed E-state index contributed by atoms with van der Waals surface area (Å²) in [5, 5.41) is 0. The number of likely N-dealkylation sites (tertiary alicyclic amines) is 1. The Hall–Kier alpha value is -2.78. The molecule has 2 aromatic rings. The molecule has 1 fully saturated rings. The molecule has 1 aromatic heterocycles. The number of nitrogens with zero attached hydrogens (tertiary/aromatic N) is 3. The fraction of sp³-hybridized carbons (Fsp3) is 0.381. The van der Waals surface area contributed by atoms with Gasteiger partial charge in [0.25, 0.3) is 11.8 Å². The van der Waals surface area contributed by atoms with E-state index in [1.807, 2.05) is 13.8 Å². The van der Waals surface area contributed by atoms with Gasteiger partial charge in [-0.05, 0) is 56.7 Å². The van der Waals surface area contributed by atoms with E-state index in [0.717, 1.165) is 0 Å². The average Bonchev–Trinajstić information content (AvgIpc) is 3.22. The van der Waals surface area contributed by atoms with Gasteiger partial charge in [-0.15, -0.1) is 0 Å². The highest BCUT2D eigenvalue weighted by atomic mass is 32.2. The van der Waals surface area contributed by atoms with Gasteiger partial charge in [-0.1, -0.05) is 6.07 Å². The molecule has 2 amide bonds. The number of nitrogens with one attached hydrogen (secondary N) is 1. The van der Waals surface area contributed by atoms with Crippen LogP contribution in [0.15, 0.2) is 53.6 Å². The zero-order valence-electron chi connectivity index (χ0n) is 17.1. The molecule has 2 heterocycles. The van der Waals surface area contributed by atoms with Gasteiger partial charge in [-0.2, -0.15) is 0 Å². The lowest BCUT2D eigenvalue weighted by molar-refractivity contribution is 0.0769. The SMILES string of the molecule is CCN(CC)C(=O)c1ccc(S(=O)(=O)NC2CCN(C(=O)c3ccccn3)C2)cc1. The first-order chi connectivity index (χ1) is 14.4. The molecular formula is C21H26N4O4S. The Labute approximate surface area is 177 Å². The molecule has 0 saturated carbocycles. The predicted molar refractivity (Wildman–Crippen MR) is 113 cm³/mol. The quantitative estimate of drug-likeness (QED) is 0.722. The summed E-state index contributed by atoms with van der Waals surface area (Å²) in [4.78, 5) is 32.3. The van der Waals surface area contributed by atoms with Gasteiger partial charge in [0.1, 0.15) is 5.69 Å². The number of rotatable bonds is 7. The molecule has 0 spiro atoms. The zero-order chi connectivity index (χ0) is 21.7. The molecule has 9 heteroatoms. The van der Waals surface area contributed by atoms with Crippen molar-refractivity contribution in [3.8, 4) is 0 Å². The smallest absolute Gasteiger partial charge is 0.272 e. The second-order valence-electron chi connectivity index (χ2n) is 7.07. The van der Waals surface area contributed by atoms with Crippen molar-refractivity contribution in [3.63, 3.8) is 0 Å². The van der Waals surface area contributed by atoms with Gasteiger partial charge in [-0.25, -0.2) is 13.1 Å². The third-order valence-corrected chi connectivity index (χ3v) is 6.68. The average molecular weight is 431 g/mol. The summed E-state index contributed by atoms with van der Waals surface area (Å²) in [6.07, 6.45) is 2.08. The fourth-order valence-corrected chi connectivity index (χ4v) is 4.71. The maximum atomic E-state index is 12.7. The van der Waals surface area contributed by atoms with Crippen molar-refractivity contribution in [1.29, 1.82) is 0 Å². The van der Waals surface area contributed by atoms with Crippen LogP contribution < -0.4 is 4.72 Å². The second-order valence-corrected chi connectivity index (χ2v) is 8.79. The summed E-state index contributed by atoms with van der Waals surface area (Å²) in [5.41, 5.74) is 0.792. The molecule has 0 aliphatic carbocycles. The summed E-state index contributed by atoms with van der Waals surface area (Å²) < 4.78 is 28.1. The standard InChI is InChI=1S/C21H26N4O4S/c1-3-24(4-2)20(26)16-8-10-18(11-9-16)30(28,29)23-17-12-14-25(15-17)21(27)19-7-5-6-13-22-19/h5-11,13,17,23H,3-4,12,14-15H2,1-2H3. The van der Waals surface area contributed by atoms with Crippen LogP contribution >= 0.6 is 0 Å². The van der Waals surface area contributed by atoms with Crippen molar-refractivity contribution in [2.75, 3.05) is 26.2 Å². The first-order valence-corrected chi connectivity index (χ1v) is 11.5. The van der Waals surface area contributed by atoms with E-state index >= 15 is 0 Å². The molecule has 1 unspecified atom stereocenters. The Bertz CT molecular complexity index is 989. The van der Waals surface area contributed by atoms with Crippen molar-refractivity contribution in [2.24, 2.45) is 0 Å². The van der Waals surface area contributed by atoms with Crippen molar-refractivity contribution < 1.29 is 18.0 Å². The normalized spacial score (nSPS) is 16.5. The topological polar surface area (TPSA) is 99.7 Å². The number of carbonyl (C=O) groups excluding carboxylic acids is 2. The van der Waals surface area contributed by atoms with Crippen LogP contribution in [0, 0.1) is 0 Å². The largest absolute Gasteiger partial charge is 0.339 e. The van der Waals surface area contributed by atoms with Crippen molar-refractivity contribution in [3.05, 3.63) is 59.9 Å². The van der Waals surface area contributed by atoms with Gasteiger partial charge in [0.05, 0.1) is 4.90 Å². The molecule has 8 nitrogen and oxygen atoms in total. The molecule has 1 aromatic carbocycles. The molecule has 1 aliphatic rings.